The summed E-state index contributed by atoms with van der Waals surface area (Å²) in [5.41, 5.74) is 2.59. The van der Waals surface area contributed by atoms with Crippen molar-refractivity contribution in [1.82, 2.24) is 20.6 Å². The molecular weight excluding hydrogens is 707 g/mol. The van der Waals surface area contributed by atoms with E-state index in [2.05, 4.69) is 32.7 Å². The minimum Gasteiger partial charge on any atom is -0.484 e. The molecule has 4 rings (SSSR count). The molecule has 2 aromatic carbocycles. The number of nitrogens with zero attached hydrogens (tertiary/aromatic N) is 4. The summed E-state index contributed by atoms with van der Waals surface area (Å²) >= 11 is 12.3. The summed E-state index contributed by atoms with van der Waals surface area (Å²) in [6.45, 7) is 1.86. The third kappa shape index (κ3) is 13.1. The van der Waals surface area contributed by atoms with Gasteiger partial charge in [-0.15, -0.1) is 0 Å². The highest BCUT2D eigenvalue weighted by atomic mass is 35.5. The van der Waals surface area contributed by atoms with Crippen LogP contribution in [-0.2, 0) is 19.1 Å². The van der Waals surface area contributed by atoms with E-state index >= 15 is 0 Å². The van der Waals surface area contributed by atoms with Gasteiger partial charge in [0.05, 0.1) is 11.1 Å². The third-order valence-corrected chi connectivity index (χ3v) is 8.12. The first kappa shape index (κ1) is 39.5. The van der Waals surface area contributed by atoms with Crippen LogP contribution in [0.4, 0.5) is 0 Å². The van der Waals surface area contributed by atoms with Crippen LogP contribution in [0.1, 0.15) is 60.1 Å². The maximum Gasteiger partial charge on any atom is 0.417 e. The van der Waals surface area contributed by atoms with Crippen molar-refractivity contribution in [3.05, 3.63) is 118 Å². The van der Waals surface area contributed by atoms with Crippen molar-refractivity contribution >= 4 is 35.1 Å². The van der Waals surface area contributed by atoms with Gasteiger partial charge >= 0.3 is 11.9 Å². The Morgan fingerprint density at radius 3 is 1.42 bits per heavy atom. The lowest BCUT2D eigenvalue weighted by molar-refractivity contribution is -0.167. The molecule has 0 bridgehead atoms. The molecule has 2 atom stereocenters. The third-order valence-electron chi connectivity index (χ3n) is 7.65. The van der Waals surface area contributed by atoms with Gasteiger partial charge in [0.15, 0.2) is 0 Å². The van der Waals surface area contributed by atoms with Crippen molar-refractivity contribution in [3.8, 4) is 23.6 Å². The molecule has 2 unspecified atom stereocenters. The van der Waals surface area contributed by atoms with Crippen LogP contribution in [-0.4, -0.2) is 61.3 Å². The van der Waals surface area contributed by atoms with E-state index in [-0.39, 0.29) is 25.4 Å². The van der Waals surface area contributed by atoms with Crippen LogP contribution in [0.15, 0.2) is 85.5 Å². The fraction of sp³-hybridized carbons (Fsp3) is 0.316. The standard InChI is InChI=1S/C38H38Cl2N6O6/c39-31-7-5-29(25-41)35(23-31)51-33(27-9-15-45-16-10-27)3-1-13-43-19-21-49-37(47)38(48)50-22-20-44-14-2-4-34(28-11-17-46-18-12-28)52-36-24-32(40)8-6-30(36)26-42/h5-12,15-18,23-24,33-34,43-44H,1-4,13-14,19-22H2. The Kier molecular flexibility index (Phi) is 16.6. The molecule has 2 N–H and O–H groups in total. The molecule has 14 heteroatoms. The molecular formula is C38H38Cl2N6O6. The summed E-state index contributed by atoms with van der Waals surface area (Å²) in [5.74, 6) is -1.31. The van der Waals surface area contributed by atoms with Gasteiger partial charge in [-0.2, -0.15) is 10.5 Å². The summed E-state index contributed by atoms with van der Waals surface area (Å²) in [5, 5.41) is 26.2. The molecule has 4 aromatic rings. The predicted octanol–water partition coefficient (Wildman–Crippen LogP) is 6.29. The highest BCUT2D eigenvalue weighted by Crippen LogP contribution is 2.31. The molecule has 0 radical (unpaired) electrons. The number of carbonyl (C=O) groups is 2. The van der Waals surface area contributed by atoms with E-state index < -0.39 is 11.9 Å². The molecule has 2 heterocycles. The number of halogens is 2. The quantitative estimate of drug-likeness (QED) is 0.0590. The highest BCUT2D eigenvalue weighted by molar-refractivity contribution is 6.31. The zero-order valence-electron chi connectivity index (χ0n) is 28.3. The van der Waals surface area contributed by atoms with Gasteiger partial charge in [-0.25, -0.2) is 9.59 Å². The second kappa shape index (κ2) is 21.9. The predicted molar refractivity (Wildman–Crippen MR) is 194 cm³/mol. The van der Waals surface area contributed by atoms with E-state index in [9.17, 15) is 20.1 Å². The number of nitrogens with one attached hydrogen (secondary N) is 2. The summed E-state index contributed by atoms with van der Waals surface area (Å²) < 4.78 is 22.5. The minimum absolute atomic E-state index is 0.00370. The molecule has 12 nitrogen and oxygen atoms in total. The Bertz CT molecular complexity index is 1690. The minimum atomic E-state index is -1.06. The number of esters is 2. The van der Waals surface area contributed by atoms with Crippen molar-refractivity contribution in [3.63, 3.8) is 0 Å². The molecule has 0 spiro atoms. The maximum absolute atomic E-state index is 12.1. The summed E-state index contributed by atoms with van der Waals surface area (Å²) in [6, 6.07) is 21.4. The van der Waals surface area contributed by atoms with Gasteiger partial charge in [0.25, 0.3) is 0 Å². The van der Waals surface area contributed by atoms with E-state index in [4.69, 9.17) is 42.1 Å². The number of ether oxygens (including phenoxy) is 4. The summed E-state index contributed by atoms with van der Waals surface area (Å²) in [6.07, 6.45) is 8.71. The van der Waals surface area contributed by atoms with Crippen molar-refractivity contribution in [2.75, 3.05) is 39.4 Å². The van der Waals surface area contributed by atoms with E-state index in [1.165, 1.54) is 0 Å². The van der Waals surface area contributed by atoms with Gasteiger partial charge in [0, 0.05) is 60.1 Å². The average Bonchev–Trinajstić information content (AvgIpc) is 3.16. The van der Waals surface area contributed by atoms with Crippen LogP contribution in [0.5, 0.6) is 11.5 Å². The number of benzene rings is 2. The van der Waals surface area contributed by atoms with E-state index in [1.807, 2.05) is 24.3 Å². The molecule has 0 aliphatic carbocycles. The van der Waals surface area contributed by atoms with Gasteiger partial charge < -0.3 is 29.6 Å². The topological polar surface area (TPSA) is 168 Å². The largest absolute Gasteiger partial charge is 0.484 e. The first-order chi connectivity index (χ1) is 25.4. The highest BCUT2D eigenvalue weighted by Gasteiger charge is 2.19. The number of hydrogen-bond donors (Lipinski definition) is 2. The van der Waals surface area contributed by atoms with Gasteiger partial charge in [-0.05, 0) is 98.4 Å². The molecule has 0 amide bonds. The fourth-order valence-corrected chi connectivity index (χ4v) is 5.37. The Labute approximate surface area is 312 Å². The van der Waals surface area contributed by atoms with Crippen LogP contribution in [0.2, 0.25) is 10.0 Å². The first-order valence-electron chi connectivity index (χ1n) is 16.7. The van der Waals surface area contributed by atoms with Crippen LogP contribution in [0.3, 0.4) is 0 Å². The van der Waals surface area contributed by atoms with Gasteiger partial charge in [-0.1, -0.05) is 23.2 Å². The lowest BCUT2D eigenvalue weighted by Gasteiger charge is -2.20. The van der Waals surface area contributed by atoms with Gasteiger partial charge in [0.1, 0.15) is 49.1 Å². The van der Waals surface area contributed by atoms with E-state index in [1.54, 1.807) is 61.2 Å². The number of carbonyl (C=O) groups excluding carboxylic acids is 2. The first-order valence-corrected chi connectivity index (χ1v) is 17.4. The normalized spacial score (nSPS) is 11.8. The second-order valence-electron chi connectivity index (χ2n) is 11.3. The second-order valence-corrected chi connectivity index (χ2v) is 12.2. The van der Waals surface area contributed by atoms with Crippen molar-refractivity contribution in [1.29, 1.82) is 10.5 Å². The van der Waals surface area contributed by atoms with Crippen molar-refractivity contribution in [2.45, 2.75) is 37.9 Å². The van der Waals surface area contributed by atoms with Crippen LogP contribution in [0, 0.1) is 22.7 Å². The smallest absolute Gasteiger partial charge is 0.417 e. The molecule has 0 aliphatic rings. The monoisotopic (exact) mass is 744 g/mol. The van der Waals surface area contributed by atoms with Crippen LogP contribution in [0.25, 0.3) is 0 Å². The van der Waals surface area contributed by atoms with E-state index in [0.717, 1.165) is 11.1 Å². The van der Waals surface area contributed by atoms with E-state index in [0.29, 0.717) is 84.5 Å². The summed E-state index contributed by atoms with van der Waals surface area (Å²) in [4.78, 5) is 32.3. The number of nitriles is 2. The Morgan fingerprint density at radius 1 is 0.635 bits per heavy atom. The SMILES string of the molecule is N#Cc1ccc(Cl)cc1OC(CCCNCCOC(=O)C(=O)OCCNCCCC(Oc1cc(Cl)ccc1C#N)c1ccncc1)c1ccncc1. The molecule has 270 valence electrons. The Balaban J connectivity index is 1.09. The molecule has 0 saturated carbocycles. The Morgan fingerprint density at radius 2 is 1.04 bits per heavy atom. The zero-order valence-corrected chi connectivity index (χ0v) is 29.8. The fourth-order valence-electron chi connectivity index (χ4n) is 5.05. The van der Waals surface area contributed by atoms with Crippen molar-refractivity contribution < 1.29 is 28.5 Å². The number of rotatable bonds is 20. The molecule has 0 aliphatic heterocycles. The van der Waals surface area contributed by atoms with Gasteiger partial charge in [-0.3, -0.25) is 9.97 Å². The zero-order chi connectivity index (χ0) is 37.0. The number of pyridine rings is 2. The average molecular weight is 746 g/mol. The maximum atomic E-state index is 12.1. The van der Waals surface area contributed by atoms with Crippen LogP contribution < -0.4 is 20.1 Å². The molecule has 52 heavy (non-hydrogen) atoms. The molecule has 2 aromatic heterocycles. The number of aromatic nitrogens is 2. The lowest BCUT2D eigenvalue weighted by atomic mass is 10.1. The summed E-state index contributed by atoms with van der Waals surface area (Å²) in [7, 11) is 0. The van der Waals surface area contributed by atoms with Crippen LogP contribution >= 0.6 is 23.2 Å². The Hall–Kier alpha value is -5.24. The van der Waals surface area contributed by atoms with Crippen molar-refractivity contribution in [2.24, 2.45) is 0 Å². The number of hydrogen-bond acceptors (Lipinski definition) is 12. The molecule has 0 fully saturated rings. The van der Waals surface area contributed by atoms with Gasteiger partial charge in [0.2, 0.25) is 0 Å². The molecule has 0 saturated heterocycles. The lowest BCUT2D eigenvalue weighted by Crippen LogP contribution is -2.29.